The van der Waals surface area contributed by atoms with Crippen LogP contribution in [0.2, 0.25) is 15.1 Å². The van der Waals surface area contributed by atoms with Crippen LogP contribution in [0.15, 0.2) is 34.8 Å². The fourth-order valence-corrected chi connectivity index (χ4v) is 2.86. The number of hydrogen-bond acceptors (Lipinski definition) is 2. The molecule has 0 unspecified atom stereocenters. The van der Waals surface area contributed by atoms with E-state index in [4.69, 9.17) is 58.0 Å². The topological polar surface area (TPSA) is 40.5 Å². The van der Waals surface area contributed by atoms with Crippen molar-refractivity contribution in [2.45, 2.75) is 0 Å². The van der Waals surface area contributed by atoms with Gasteiger partial charge < -0.3 is 10.2 Å². The van der Waals surface area contributed by atoms with Crippen LogP contribution in [-0.2, 0) is 0 Å². The Hall–Kier alpha value is -0.770. The first-order valence-corrected chi connectivity index (χ1v) is 7.42. The van der Waals surface area contributed by atoms with Gasteiger partial charge in [-0.2, -0.15) is 0 Å². The van der Waals surface area contributed by atoms with Gasteiger partial charge in [-0.05, 0) is 35.4 Å². The highest BCUT2D eigenvalue weighted by Gasteiger charge is 2.15. The van der Waals surface area contributed by atoms with Crippen LogP contribution < -0.4 is 0 Å². The van der Waals surface area contributed by atoms with Gasteiger partial charge in [0, 0.05) is 5.57 Å². The van der Waals surface area contributed by atoms with Crippen LogP contribution in [0.25, 0.3) is 5.57 Å². The zero-order valence-corrected chi connectivity index (χ0v) is 14.0. The number of phenolic OH excluding ortho intramolecular Hbond substituents is 2. The van der Waals surface area contributed by atoms with Crippen molar-refractivity contribution in [1.82, 2.24) is 0 Å². The second kappa shape index (κ2) is 6.55. The molecule has 2 aromatic rings. The van der Waals surface area contributed by atoms with Gasteiger partial charge >= 0.3 is 0 Å². The lowest BCUT2D eigenvalue weighted by Crippen LogP contribution is -1.90. The molecule has 0 aliphatic rings. The molecule has 0 saturated carbocycles. The lowest BCUT2D eigenvalue weighted by Gasteiger charge is -2.12. The summed E-state index contributed by atoms with van der Waals surface area (Å²) in [6.07, 6.45) is 0. The normalized spacial score (nSPS) is 10.5. The monoisotopic (exact) mass is 382 g/mol. The molecule has 0 aromatic heterocycles. The van der Waals surface area contributed by atoms with Gasteiger partial charge in [-0.25, -0.2) is 0 Å². The minimum atomic E-state index is -0.226. The molecule has 2 rings (SSSR count). The van der Waals surface area contributed by atoms with Crippen LogP contribution in [0.5, 0.6) is 11.5 Å². The number of halogens is 5. The summed E-state index contributed by atoms with van der Waals surface area (Å²) >= 11 is 29.6. The van der Waals surface area contributed by atoms with Gasteiger partial charge in [-0.1, -0.05) is 64.1 Å². The summed E-state index contributed by atoms with van der Waals surface area (Å²) in [4.78, 5) is 0. The quantitative estimate of drug-likeness (QED) is 0.642. The molecular formula is C14H7Cl5O2. The summed E-state index contributed by atoms with van der Waals surface area (Å²) in [5.74, 6) is -0.289. The smallest absolute Gasteiger partial charge is 0.152 e. The highest BCUT2D eigenvalue weighted by atomic mass is 35.5. The average Bonchev–Trinajstić information content (AvgIpc) is 2.40. The molecule has 2 N–H and O–H groups in total. The predicted molar refractivity (Wildman–Crippen MR) is 89.0 cm³/mol. The van der Waals surface area contributed by atoms with E-state index in [0.29, 0.717) is 16.7 Å². The van der Waals surface area contributed by atoms with Crippen molar-refractivity contribution in [3.63, 3.8) is 0 Å². The fraction of sp³-hybridized carbons (Fsp3) is 0. The Labute approximate surface area is 146 Å². The largest absolute Gasteiger partial charge is 0.506 e. The van der Waals surface area contributed by atoms with Gasteiger partial charge in [0.25, 0.3) is 0 Å². The van der Waals surface area contributed by atoms with Crippen molar-refractivity contribution in [2.75, 3.05) is 0 Å². The molecule has 0 spiro atoms. The zero-order chi connectivity index (χ0) is 15.7. The van der Waals surface area contributed by atoms with Crippen molar-refractivity contribution < 1.29 is 10.2 Å². The van der Waals surface area contributed by atoms with E-state index in [2.05, 4.69) is 0 Å². The van der Waals surface area contributed by atoms with Crippen molar-refractivity contribution >= 4 is 63.6 Å². The van der Waals surface area contributed by atoms with Crippen LogP contribution in [0.4, 0.5) is 0 Å². The molecule has 0 bridgehead atoms. The number of aromatic hydroxyl groups is 2. The van der Waals surface area contributed by atoms with Crippen LogP contribution in [0.3, 0.4) is 0 Å². The summed E-state index contributed by atoms with van der Waals surface area (Å²) in [5.41, 5.74) is 1.49. The third kappa shape index (κ3) is 3.53. The number of phenols is 2. The van der Waals surface area contributed by atoms with Crippen molar-refractivity contribution in [1.29, 1.82) is 0 Å². The lowest BCUT2D eigenvalue weighted by molar-refractivity contribution is 0.475. The molecule has 110 valence electrons. The standard InChI is InChI=1S/C14H7Cl5O2/c15-8-3-6(1-2-11(8)20)12(14(18)19)7-4-9(16)13(21)10(17)5-7/h1-5,20-21H. The maximum atomic E-state index is 9.60. The third-order valence-electron chi connectivity index (χ3n) is 2.73. The lowest BCUT2D eigenvalue weighted by atomic mass is 9.99. The first-order valence-electron chi connectivity index (χ1n) is 5.53. The molecular weight excluding hydrogens is 377 g/mol. The maximum Gasteiger partial charge on any atom is 0.152 e. The van der Waals surface area contributed by atoms with E-state index in [9.17, 15) is 10.2 Å². The molecule has 7 heteroatoms. The molecule has 0 aliphatic heterocycles. The number of rotatable bonds is 2. The third-order valence-corrected chi connectivity index (χ3v) is 3.99. The zero-order valence-electron chi connectivity index (χ0n) is 10.2. The van der Waals surface area contributed by atoms with E-state index in [1.54, 1.807) is 6.07 Å². The van der Waals surface area contributed by atoms with E-state index in [0.717, 1.165) is 0 Å². The fourth-order valence-electron chi connectivity index (χ4n) is 1.76. The van der Waals surface area contributed by atoms with E-state index in [1.165, 1.54) is 24.3 Å². The summed E-state index contributed by atoms with van der Waals surface area (Å²) in [6, 6.07) is 7.47. The van der Waals surface area contributed by atoms with E-state index < -0.39 is 0 Å². The first kappa shape index (κ1) is 16.6. The summed E-state index contributed by atoms with van der Waals surface area (Å²) in [6.45, 7) is 0. The first-order chi connectivity index (χ1) is 9.81. The molecule has 21 heavy (non-hydrogen) atoms. The maximum absolute atomic E-state index is 9.60. The van der Waals surface area contributed by atoms with E-state index in [1.807, 2.05) is 0 Å². The van der Waals surface area contributed by atoms with Gasteiger partial charge in [0.05, 0.1) is 15.1 Å². The molecule has 0 aliphatic carbocycles. The van der Waals surface area contributed by atoms with Gasteiger partial charge in [0.15, 0.2) is 5.75 Å². The molecule has 2 aromatic carbocycles. The highest BCUT2D eigenvalue weighted by molar-refractivity contribution is 6.59. The number of hydrogen-bond donors (Lipinski definition) is 2. The Morgan fingerprint density at radius 2 is 1.29 bits per heavy atom. The second-order valence-electron chi connectivity index (χ2n) is 4.09. The molecule has 2 nitrogen and oxygen atoms in total. The van der Waals surface area contributed by atoms with Crippen molar-refractivity contribution in [3.8, 4) is 11.5 Å². The Kier molecular flexibility index (Phi) is 5.18. The molecule has 0 fully saturated rings. The van der Waals surface area contributed by atoms with Crippen molar-refractivity contribution in [2.24, 2.45) is 0 Å². The van der Waals surface area contributed by atoms with Gasteiger partial charge in [-0.3, -0.25) is 0 Å². The number of benzene rings is 2. The Bertz CT molecular complexity index is 713. The summed E-state index contributed by atoms with van der Waals surface area (Å²) in [5, 5.41) is 19.3. The SMILES string of the molecule is Oc1ccc(C(=C(Cl)Cl)c2cc(Cl)c(O)c(Cl)c2)cc1Cl. The summed E-state index contributed by atoms with van der Waals surface area (Å²) < 4.78 is -0.0328. The van der Waals surface area contributed by atoms with Crippen LogP contribution in [-0.4, -0.2) is 10.2 Å². The van der Waals surface area contributed by atoms with Gasteiger partial charge in [-0.15, -0.1) is 0 Å². The van der Waals surface area contributed by atoms with E-state index >= 15 is 0 Å². The Morgan fingerprint density at radius 1 is 0.762 bits per heavy atom. The van der Waals surface area contributed by atoms with Gasteiger partial charge in [0.1, 0.15) is 10.2 Å². The molecule has 0 radical (unpaired) electrons. The second-order valence-corrected chi connectivity index (χ2v) is 6.26. The molecule has 0 heterocycles. The van der Waals surface area contributed by atoms with Gasteiger partial charge in [0.2, 0.25) is 0 Å². The Morgan fingerprint density at radius 3 is 1.76 bits per heavy atom. The van der Waals surface area contributed by atoms with Crippen molar-refractivity contribution in [3.05, 3.63) is 61.0 Å². The molecule has 0 amide bonds. The molecule has 0 saturated heterocycles. The average molecular weight is 384 g/mol. The van der Waals surface area contributed by atoms with E-state index in [-0.39, 0.29) is 31.1 Å². The van der Waals surface area contributed by atoms with Crippen LogP contribution >= 0.6 is 58.0 Å². The minimum Gasteiger partial charge on any atom is -0.506 e. The highest BCUT2D eigenvalue weighted by Crippen LogP contribution is 2.40. The van der Waals surface area contributed by atoms with Crippen LogP contribution in [0.1, 0.15) is 11.1 Å². The summed E-state index contributed by atoms with van der Waals surface area (Å²) in [7, 11) is 0. The Balaban J connectivity index is 2.66. The predicted octanol–water partition coefficient (Wildman–Crippen LogP) is 6.25. The minimum absolute atomic E-state index is 0.0328. The molecule has 0 atom stereocenters. The van der Waals surface area contributed by atoms with Crippen LogP contribution in [0, 0.1) is 0 Å².